The first kappa shape index (κ1) is 23.3. The number of carbonyl (C=O) groups excluding carboxylic acids is 2. The Hall–Kier alpha value is -2.84. The average Bonchev–Trinajstić information content (AvgIpc) is 3.21. The van der Waals surface area contributed by atoms with Crippen LogP contribution in [0, 0.1) is 12.3 Å². The molecule has 2 aliphatic rings. The summed E-state index contributed by atoms with van der Waals surface area (Å²) in [6, 6.07) is 4.76. The second kappa shape index (κ2) is 9.19. The summed E-state index contributed by atoms with van der Waals surface area (Å²) in [4.78, 5) is 39.0. The molecule has 4 rings (SSSR count). The fourth-order valence-electron chi connectivity index (χ4n) is 3.54. The van der Waals surface area contributed by atoms with E-state index in [0.29, 0.717) is 4.34 Å². The monoisotopic (exact) mass is 509 g/mol. The zero-order valence-corrected chi connectivity index (χ0v) is 19.6. The molecule has 14 heteroatoms. The minimum absolute atomic E-state index is 0.0174. The fourth-order valence-corrected chi connectivity index (χ4v) is 7.22. The number of aromatic nitrogens is 2. The van der Waals surface area contributed by atoms with Crippen molar-refractivity contribution in [3.05, 3.63) is 34.8 Å². The number of carboxylic acid groups (broad SMARTS) is 1. The predicted octanol–water partition coefficient (Wildman–Crippen LogP) is 0.994. The second-order valence-electron chi connectivity index (χ2n) is 7.58. The van der Waals surface area contributed by atoms with Gasteiger partial charge in [0.1, 0.15) is 27.6 Å². The first-order valence-corrected chi connectivity index (χ1v) is 12.5. The van der Waals surface area contributed by atoms with Crippen molar-refractivity contribution in [1.29, 1.82) is 0 Å². The van der Waals surface area contributed by atoms with Crippen LogP contribution in [0.1, 0.15) is 10.6 Å². The summed E-state index contributed by atoms with van der Waals surface area (Å²) < 4.78 is 0.670. The lowest BCUT2D eigenvalue weighted by Crippen LogP contribution is -2.74. The summed E-state index contributed by atoms with van der Waals surface area (Å²) in [5, 5.41) is 42.7. The summed E-state index contributed by atoms with van der Waals surface area (Å²) in [5.41, 5.74) is -1.32. The molecule has 2 aromatic rings. The number of fused-ring (bicyclic) bond motifs is 1. The molecule has 1 aromatic carbocycles. The number of aromatic hydroxyl groups is 1. The van der Waals surface area contributed by atoms with E-state index in [0.717, 1.165) is 5.01 Å². The van der Waals surface area contributed by atoms with Crippen LogP contribution >= 0.6 is 34.9 Å². The van der Waals surface area contributed by atoms with E-state index in [1.807, 2.05) is 6.92 Å². The van der Waals surface area contributed by atoms with Crippen LogP contribution in [0.4, 0.5) is 0 Å². The number of amides is 2. The number of rotatable bonds is 7. The highest BCUT2D eigenvalue weighted by Crippen LogP contribution is 2.44. The van der Waals surface area contributed by atoms with Gasteiger partial charge in [-0.15, -0.1) is 22.0 Å². The Balaban J connectivity index is 1.42. The van der Waals surface area contributed by atoms with Gasteiger partial charge in [0.05, 0.1) is 0 Å². The van der Waals surface area contributed by atoms with E-state index in [9.17, 15) is 29.8 Å². The summed E-state index contributed by atoms with van der Waals surface area (Å²) in [5.74, 6) is -1.81. The summed E-state index contributed by atoms with van der Waals surface area (Å²) in [7, 11) is 0. The second-order valence-corrected chi connectivity index (χ2v) is 11.1. The number of carbonyl (C=O) groups is 3. The first-order chi connectivity index (χ1) is 15.7. The molecule has 0 spiro atoms. The van der Waals surface area contributed by atoms with Crippen molar-refractivity contribution in [2.45, 2.75) is 22.7 Å². The first-order valence-electron chi connectivity index (χ1n) is 9.65. The molecule has 1 aromatic heterocycles. The molecular formula is C19H19N5O6S3. The van der Waals surface area contributed by atoms with Gasteiger partial charge in [-0.3, -0.25) is 14.4 Å². The number of carboxylic acids is 1. The molecule has 2 unspecified atom stereocenters. The highest BCUT2D eigenvalue weighted by atomic mass is 32.2. The maximum absolute atomic E-state index is 12.8. The third kappa shape index (κ3) is 4.50. The van der Waals surface area contributed by atoms with E-state index in [4.69, 9.17) is 0 Å². The van der Waals surface area contributed by atoms with Gasteiger partial charge in [0, 0.05) is 23.6 Å². The molecule has 0 saturated carbocycles. The number of β-lactam (4-membered cyclic amide) rings is 1. The number of oxime groups is 1. The maximum atomic E-state index is 12.8. The van der Waals surface area contributed by atoms with E-state index in [2.05, 4.69) is 20.7 Å². The molecule has 4 N–H and O–H groups in total. The molecule has 0 aliphatic carbocycles. The Morgan fingerprint density at radius 3 is 2.82 bits per heavy atom. The Labute approximate surface area is 200 Å². The van der Waals surface area contributed by atoms with Gasteiger partial charge in [-0.1, -0.05) is 40.4 Å². The van der Waals surface area contributed by atoms with Crippen LogP contribution in [0.2, 0.25) is 0 Å². The van der Waals surface area contributed by atoms with Crippen LogP contribution in [0.15, 0.2) is 33.8 Å². The standard InChI is InChI=1S/C19H19N5O6S3/c1-9-21-22-18(33-9)32-8-19(17(28)29)6-24-15(27)13(16(24)31-7-19)20-14(26)12(23-30)10-3-2-4-11(25)5-10/h2-5,13,16,25,30H,6-8H2,1H3,(H,20,26)(H,28,29)/t13?,16-,19?/m1/s1. The Morgan fingerprint density at radius 2 is 2.18 bits per heavy atom. The number of nitrogens with zero attached hydrogens (tertiary/aromatic N) is 4. The van der Waals surface area contributed by atoms with E-state index < -0.39 is 34.6 Å². The molecule has 2 aliphatic heterocycles. The van der Waals surface area contributed by atoms with Crippen LogP contribution in [-0.4, -0.2) is 83.5 Å². The fraction of sp³-hybridized carbons (Fsp3) is 0.368. The molecule has 33 heavy (non-hydrogen) atoms. The van der Waals surface area contributed by atoms with Gasteiger partial charge in [0.2, 0.25) is 5.91 Å². The van der Waals surface area contributed by atoms with Crippen molar-refractivity contribution in [3.63, 3.8) is 0 Å². The predicted molar refractivity (Wildman–Crippen MR) is 122 cm³/mol. The zero-order chi connectivity index (χ0) is 23.8. The SMILES string of the molecule is Cc1nnc(SCC2(C(=O)O)CS[C@@H]3C(NC(=O)C(=NO)c4cccc(O)c4)C(=O)N3C2)s1. The number of phenolic OH excluding ortho intramolecular Hbond substituents is 1. The Morgan fingerprint density at radius 1 is 1.39 bits per heavy atom. The van der Waals surface area contributed by atoms with Gasteiger partial charge in [-0.2, -0.15) is 0 Å². The smallest absolute Gasteiger partial charge is 0.313 e. The lowest BCUT2D eigenvalue weighted by atomic mass is 9.89. The molecule has 0 radical (unpaired) electrons. The van der Waals surface area contributed by atoms with E-state index in [1.54, 1.807) is 0 Å². The summed E-state index contributed by atoms with van der Waals surface area (Å²) >= 11 is 3.96. The van der Waals surface area contributed by atoms with Crippen molar-refractivity contribution in [2.24, 2.45) is 10.6 Å². The molecule has 3 heterocycles. The van der Waals surface area contributed by atoms with Gasteiger partial charge < -0.3 is 25.6 Å². The lowest BCUT2D eigenvalue weighted by Gasteiger charge is -2.53. The topological polar surface area (TPSA) is 165 Å². The Bertz CT molecular complexity index is 1140. The van der Waals surface area contributed by atoms with Crippen molar-refractivity contribution in [1.82, 2.24) is 20.4 Å². The molecule has 174 valence electrons. The molecule has 2 saturated heterocycles. The highest BCUT2D eigenvalue weighted by molar-refractivity contribution is 8.01. The minimum Gasteiger partial charge on any atom is -0.508 e. The number of phenols is 1. The number of hydrogen-bond donors (Lipinski definition) is 4. The number of aryl methyl sites for hydroxylation is 1. The number of hydrogen-bond acceptors (Lipinski definition) is 11. The molecular weight excluding hydrogens is 490 g/mol. The van der Waals surface area contributed by atoms with E-state index in [-0.39, 0.29) is 35.1 Å². The quantitative estimate of drug-likeness (QED) is 0.139. The van der Waals surface area contributed by atoms with Crippen LogP contribution in [0.25, 0.3) is 0 Å². The summed E-state index contributed by atoms with van der Waals surface area (Å²) in [6.07, 6.45) is 0. The third-order valence-electron chi connectivity index (χ3n) is 5.30. The average molecular weight is 510 g/mol. The van der Waals surface area contributed by atoms with Gasteiger partial charge in [0.15, 0.2) is 10.1 Å². The van der Waals surface area contributed by atoms with Crippen molar-refractivity contribution >= 4 is 58.4 Å². The van der Waals surface area contributed by atoms with Crippen LogP contribution < -0.4 is 5.32 Å². The lowest BCUT2D eigenvalue weighted by molar-refractivity contribution is -0.157. The van der Waals surface area contributed by atoms with Crippen molar-refractivity contribution < 1.29 is 29.8 Å². The zero-order valence-electron chi connectivity index (χ0n) is 17.2. The van der Waals surface area contributed by atoms with Crippen molar-refractivity contribution in [3.8, 4) is 5.75 Å². The van der Waals surface area contributed by atoms with Gasteiger partial charge in [-0.25, -0.2) is 0 Å². The van der Waals surface area contributed by atoms with Gasteiger partial charge >= 0.3 is 5.97 Å². The van der Waals surface area contributed by atoms with Crippen molar-refractivity contribution in [2.75, 3.05) is 18.1 Å². The Kier molecular flexibility index (Phi) is 6.50. The molecule has 2 amide bonds. The molecule has 3 atom stereocenters. The number of benzene rings is 1. The third-order valence-corrected chi connectivity index (χ3v) is 9.15. The van der Waals surface area contributed by atoms with Crippen LogP contribution in [0.5, 0.6) is 5.75 Å². The number of nitrogens with one attached hydrogen (secondary N) is 1. The minimum atomic E-state index is -1.16. The number of thioether (sulfide) groups is 2. The van der Waals surface area contributed by atoms with Crippen LogP contribution in [-0.2, 0) is 14.4 Å². The molecule has 2 fully saturated rings. The van der Waals surface area contributed by atoms with Gasteiger partial charge in [0.25, 0.3) is 5.91 Å². The van der Waals surface area contributed by atoms with E-state index in [1.165, 1.54) is 64.0 Å². The van der Waals surface area contributed by atoms with Gasteiger partial charge in [-0.05, 0) is 19.1 Å². The maximum Gasteiger partial charge on any atom is 0.313 e. The normalized spacial score (nSPS) is 24.7. The van der Waals surface area contributed by atoms with E-state index >= 15 is 0 Å². The van der Waals surface area contributed by atoms with Crippen LogP contribution in [0.3, 0.4) is 0 Å². The largest absolute Gasteiger partial charge is 0.508 e. The summed E-state index contributed by atoms with van der Waals surface area (Å²) in [6.45, 7) is 1.83. The molecule has 11 nitrogen and oxygen atoms in total. The molecule has 0 bridgehead atoms. The highest BCUT2D eigenvalue weighted by Gasteiger charge is 2.57. The number of aliphatic carboxylic acids is 1.